The Kier molecular flexibility index (Phi) is 2.73. The Bertz CT molecular complexity index is 787. The van der Waals surface area contributed by atoms with E-state index >= 15 is 0 Å². The summed E-state index contributed by atoms with van der Waals surface area (Å²) in [4.78, 5) is 25.0. The van der Waals surface area contributed by atoms with E-state index in [4.69, 9.17) is 4.74 Å². The van der Waals surface area contributed by atoms with Gasteiger partial charge in [0.1, 0.15) is 11.9 Å². The van der Waals surface area contributed by atoms with E-state index in [0.717, 1.165) is 5.56 Å². The lowest BCUT2D eigenvalue weighted by Crippen LogP contribution is -2.19. The predicted molar refractivity (Wildman–Crippen MR) is 77.0 cm³/mol. The van der Waals surface area contributed by atoms with Gasteiger partial charge in [-0.25, -0.2) is 4.39 Å². The first-order chi connectivity index (χ1) is 10.6. The van der Waals surface area contributed by atoms with Gasteiger partial charge in [-0.3, -0.25) is 9.59 Å². The lowest BCUT2D eigenvalue weighted by Gasteiger charge is -2.15. The minimum atomic E-state index is -0.423. The van der Waals surface area contributed by atoms with Crippen molar-refractivity contribution in [2.75, 3.05) is 0 Å². The molecule has 2 aliphatic rings. The van der Waals surface area contributed by atoms with Crippen molar-refractivity contribution in [2.45, 2.75) is 12.5 Å². The van der Waals surface area contributed by atoms with Crippen LogP contribution in [0.1, 0.15) is 38.8 Å². The number of allylic oxidation sites excluding steroid dienone is 1. The monoisotopic (exact) mass is 294 g/mol. The van der Waals surface area contributed by atoms with Gasteiger partial charge in [-0.15, -0.1) is 0 Å². The molecule has 0 saturated carbocycles. The molecule has 4 heteroatoms. The fourth-order valence-electron chi connectivity index (χ4n) is 2.95. The Morgan fingerprint density at radius 1 is 0.909 bits per heavy atom. The van der Waals surface area contributed by atoms with Gasteiger partial charge >= 0.3 is 0 Å². The third kappa shape index (κ3) is 1.80. The van der Waals surface area contributed by atoms with Crippen molar-refractivity contribution in [2.24, 2.45) is 0 Å². The van der Waals surface area contributed by atoms with Crippen LogP contribution in [0.15, 0.2) is 59.9 Å². The zero-order valence-electron chi connectivity index (χ0n) is 11.5. The molecule has 0 aromatic heterocycles. The third-order valence-electron chi connectivity index (χ3n) is 4.06. The van der Waals surface area contributed by atoms with Crippen LogP contribution >= 0.6 is 0 Å². The first kappa shape index (κ1) is 13.0. The Morgan fingerprint density at radius 3 is 2.23 bits per heavy atom. The summed E-state index contributed by atoms with van der Waals surface area (Å²) in [6.45, 7) is 0. The summed E-state index contributed by atoms with van der Waals surface area (Å²) in [6.07, 6.45) is -0.0901. The highest BCUT2D eigenvalue weighted by molar-refractivity contribution is 6.26. The van der Waals surface area contributed by atoms with Crippen molar-refractivity contribution in [3.63, 3.8) is 0 Å². The second-order valence-electron chi connectivity index (χ2n) is 5.37. The minimum absolute atomic E-state index is 0.137. The Morgan fingerprint density at radius 2 is 1.55 bits per heavy atom. The number of Topliss-reactive ketones (excluding diaryl/α,β-unsaturated/α-hetero) is 2. The number of ketones is 2. The Balaban J connectivity index is 1.71. The second-order valence-corrected chi connectivity index (χ2v) is 5.37. The molecular formula is C18H11FO3. The van der Waals surface area contributed by atoms with E-state index < -0.39 is 6.10 Å². The molecule has 0 radical (unpaired) electrons. The van der Waals surface area contributed by atoms with Crippen LogP contribution in [-0.4, -0.2) is 11.6 Å². The van der Waals surface area contributed by atoms with Gasteiger partial charge in [0.05, 0.1) is 5.57 Å². The highest BCUT2D eigenvalue weighted by atomic mass is 19.1. The van der Waals surface area contributed by atoms with Crippen LogP contribution in [0.4, 0.5) is 4.39 Å². The van der Waals surface area contributed by atoms with Crippen molar-refractivity contribution >= 4 is 11.6 Å². The molecule has 108 valence electrons. The number of hydrogen-bond donors (Lipinski definition) is 0. The highest BCUT2D eigenvalue weighted by Gasteiger charge is 2.40. The molecule has 0 saturated heterocycles. The molecule has 22 heavy (non-hydrogen) atoms. The number of halogens is 1. The first-order valence-corrected chi connectivity index (χ1v) is 6.99. The number of hydrogen-bond acceptors (Lipinski definition) is 3. The normalized spacial score (nSPS) is 19.8. The first-order valence-electron chi connectivity index (χ1n) is 6.99. The summed E-state index contributed by atoms with van der Waals surface area (Å²) >= 11 is 0. The number of ether oxygens (including phenoxy) is 1. The summed E-state index contributed by atoms with van der Waals surface area (Å²) in [6, 6.07) is 12.7. The quantitative estimate of drug-likeness (QED) is 0.806. The fourth-order valence-corrected chi connectivity index (χ4v) is 2.95. The molecule has 0 spiro atoms. The average Bonchev–Trinajstić information content (AvgIpc) is 2.99. The van der Waals surface area contributed by atoms with Gasteiger partial charge in [0.25, 0.3) is 0 Å². The summed E-state index contributed by atoms with van der Waals surface area (Å²) < 4.78 is 18.7. The van der Waals surface area contributed by atoms with Crippen molar-refractivity contribution in [3.8, 4) is 0 Å². The van der Waals surface area contributed by atoms with Crippen LogP contribution in [0.5, 0.6) is 0 Å². The molecule has 0 N–H and O–H groups in total. The van der Waals surface area contributed by atoms with Crippen LogP contribution in [0.2, 0.25) is 0 Å². The second kappa shape index (κ2) is 4.63. The Hall–Kier alpha value is -2.75. The molecule has 0 amide bonds. The SMILES string of the molecule is O=C1C2=C(OC(c3ccc(F)cc3)C2)C(=O)c2ccccc21. The fraction of sp³-hybridized carbons (Fsp3) is 0.111. The Labute approximate surface area is 126 Å². The zero-order chi connectivity index (χ0) is 15.3. The minimum Gasteiger partial charge on any atom is -0.481 e. The number of carbonyl (C=O) groups excluding carboxylic acids is 2. The van der Waals surface area contributed by atoms with Gasteiger partial charge in [-0.2, -0.15) is 0 Å². The summed E-state index contributed by atoms with van der Waals surface area (Å²) in [5.74, 6) is -0.610. The largest absolute Gasteiger partial charge is 0.481 e. The molecule has 1 aliphatic carbocycles. The van der Waals surface area contributed by atoms with Crippen LogP contribution in [0.25, 0.3) is 0 Å². The van der Waals surface area contributed by atoms with Crippen LogP contribution in [0.3, 0.4) is 0 Å². The maximum atomic E-state index is 13.0. The molecule has 2 aromatic rings. The molecule has 2 aromatic carbocycles. The standard InChI is InChI=1S/C18H11FO3/c19-11-7-5-10(6-8-11)15-9-14-16(20)12-3-1-2-4-13(12)17(21)18(14)22-15/h1-8,15H,9H2. The van der Waals surface area contributed by atoms with Gasteiger partial charge in [0, 0.05) is 17.5 Å². The van der Waals surface area contributed by atoms with Crippen LogP contribution in [0, 0.1) is 5.82 Å². The molecule has 1 atom stereocenters. The van der Waals surface area contributed by atoms with Crippen molar-refractivity contribution < 1.29 is 18.7 Å². The molecule has 3 nitrogen and oxygen atoms in total. The van der Waals surface area contributed by atoms with Gasteiger partial charge in [-0.1, -0.05) is 36.4 Å². The van der Waals surface area contributed by atoms with Crippen molar-refractivity contribution in [1.29, 1.82) is 0 Å². The average molecular weight is 294 g/mol. The molecule has 4 rings (SSSR count). The number of carbonyl (C=O) groups is 2. The highest BCUT2D eigenvalue weighted by Crippen LogP contribution is 2.41. The van der Waals surface area contributed by atoms with Crippen LogP contribution < -0.4 is 0 Å². The van der Waals surface area contributed by atoms with E-state index in [-0.39, 0.29) is 23.1 Å². The van der Waals surface area contributed by atoms with Gasteiger partial charge < -0.3 is 4.74 Å². The maximum Gasteiger partial charge on any atom is 0.228 e. The summed E-state index contributed by atoms with van der Waals surface area (Å²) in [7, 11) is 0. The molecule has 0 bridgehead atoms. The number of benzene rings is 2. The van der Waals surface area contributed by atoms with Crippen molar-refractivity contribution in [1.82, 2.24) is 0 Å². The number of rotatable bonds is 1. The van der Waals surface area contributed by atoms with Crippen molar-refractivity contribution in [3.05, 3.63) is 82.4 Å². The van der Waals surface area contributed by atoms with Gasteiger partial charge in [0.2, 0.25) is 5.78 Å². The summed E-state index contributed by atoms with van der Waals surface area (Å²) in [5, 5.41) is 0. The lowest BCUT2D eigenvalue weighted by molar-refractivity contribution is 0.0840. The van der Waals surface area contributed by atoms with E-state index in [1.807, 2.05) is 0 Å². The molecule has 1 aliphatic heterocycles. The number of fused-ring (bicyclic) bond motifs is 1. The van der Waals surface area contributed by atoms with E-state index in [1.54, 1.807) is 36.4 Å². The van der Waals surface area contributed by atoms with E-state index in [0.29, 0.717) is 23.1 Å². The van der Waals surface area contributed by atoms with E-state index in [1.165, 1.54) is 12.1 Å². The molecule has 1 unspecified atom stereocenters. The van der Waals surface area contributed by atoms with Gasteiger partial charge in [-0.05, 0) is 17.7 Å². The maximum absolute atomic E-state index is 13.0. The summed E-state index contributed by atoms with van der Waals surface area (Å²) in [5.41, 5.74) is 1.97. The smallest absolute Gasteiger partial charge is 0.228 e. The van der Waals surface area contributed by atoms with E-state index in [9.17, 15) is 14.0 Å². The zero-order valence-corrected chi connectivity index (χ0v) is 11.5. The predicted octanol–water partition coefficient (Wildman–Crippen LogP) is 3.62. The third-order valence-corrected chi connectivity index (χ3v) is 4.06. The molecular weight excluding hydrogens is 283 g/mol. The molecule has 1 heterocycles. The molecule has 0 fully saturated rings. The van der Waals surface area contributed by atoms with E-state index in [2.05, 4.69) is 0 Å². The van der Waals surface area contributed by atoms with Crippen LogP contribution in [-0.2, 0) is 4.74 Å². The van der Waals surface area contributed by atoms with Gasteiger partial charge in [0.15, 0.2) is 11.5 Å². The topological polar surface area (TPSA) is 43.4 Å². The lowest BCUT2D eigenvalue weighted by atomic mass is 9.87.